The molecule has 7 unspecified atom stereocenters. The third kappa shape index (κ3) is 50.0. The van der Waals surface area contributed by atoms with Gasteiger partial charge in [-0.25, -0.2) is 46.2 Å². The van der Waals surface area contributed by atoms with Crippen LogP contribution in [-0.2, 0) is 39.6 Å². The number of benzene rings is 8. The molecule has 7 saturated heterocycles. The molecule has 7 aliphatic rings. The van der Waals surface area contributed by atoms with Gasteiger partial charge in [0.15, 0.2) is 67.0 Å². The van der Waals surface area contributed by atoms with Crippen LogP contribution in [0.1, 0.15) is 120 Å². The number of hydrogen-bond acceptors (Lipinski definition) is 25. The van der Waals surface area contributed by atoms with Gasteiger partial charge in [-0.05, 0) is 132 Å². The minimum atomic E-state index is -0.268. The van der Waals surface area contributed by atoms with Gasteiger partial charge in [0.1, 0.15) is 74.7 Å². The van der Waals surface area contributed by atoms with Gasteiger partial charge in [-0.2, -0.15) is 0 Å². The SMILES string of the molecule is CCOc1cc(OC2C[C@@H](C)[CH-]O2)ccc1Cl.CCOc1cc(OCC)cc(OC2C[C@@H](C)[CH-]O2)c1.COc1cc(OC)cc(OC2C[C@@H](C)[CH-]O2)c1.COc1cc(OC2C[C@@H](C)[CH-]O2)ccc1Cl.COc1ccc(OC2C[C@@H](C)[CH-]O2)cc1OC.COc1cccc(OC)c1OC1C[C@@H](C)[CH-]O1.C[C@H]1[CH-]OC(Oc2cccc(OCCc3ccccc3)c2)C1.[Cs+].[Cs+].[Cs+].[Cs+].[Cs+].[Cs+].[Cs+]. The third-order valence-electron chi connectivity index (χ3n) is 19.2. The Labute approximate surface area is 1210 Å². The van der Waals surface area contributed by atoms with E-state index in [2.05, 4.69) is 60.6 Å². The van der Waals surface area contributed by atoms with Crippen LogP contribution in [0.3, 0.4) is 0 Å². The Kier molecular flexibility index (Phi) is 76.0. The first-order valence-electron chi connectivity index (χ1n) is 42.2. The average molecular weight is 2700 g/mol. The summed E-state index contributed by atoms with van der Waals surface area (Å²) in [6.07, 6.45) is 5.43. The van der Waals surface area contributed by atoms with Crippen LogP contribution in [0.15, 0.2) is 164 Å². The van der Waals surface area contributed by atoms with Crippen molar-refractivity contribution in [2.24, 2.45) is 41.4 Å². The zero-order chi connectivity index (χ0) is 89.4. The molecule has 7 aliphatic heterocycles. The molecule has 7 heterocycles. The molecule has 0 radical (unpaired) electrons. The van der Waals surface area contributed by atoms with E-state index < -0.39 is 0 Å². The topological polar surface area (TPSA) is 231 Å². The number of hydrogen-bond donors (Lipinski definition) is 0. The molecule has 34 heteroatoms. The summed E-state index contributed by atoms with van der Waals surface area (Å²) in [7, 11) is 11.2. The van der Waals surface area contributed by atoms with Gasteiger partial charge in [0.05, 0.1) is 86.2 Å². The van der Waals surface area contributed by atoms with Crippen molar-refractivity contribution in [1.82, 2.24) is 0 Å². The summed E-state index contributed by atoms with van der Waals surface area (Å²) >= 11 is 11.9. The van der Waals surface area contributed by atoms with E-state index in [4.69, 9.17) is 142 Å². The monoisotopic (exact) mass is 2700 g/mol. The van der Waals surface area contributed by atoms with E-state index in [1.54, 1.807) is 105 Å². The first kappa shape index (κ1) is 133. The van der Waals surface area contributed by atoms with Crippen molar-refractivity contribution in [2.45, 2.75) is 165 Å². The molecule has 0 amide bonds. The molecule has 25 nitrogen and oxygen atoms in total. The Bertz CT molecular complexity index is 4380. The van der Waals surface area contributed by atoms with Gasteiger partial charge in [-0.1, -0.05) is 114 Å². The molecule has 0 bridgehead atoms. The van der Waals surface area contributed by atoms with Gasteiger partial charge < -0.3 is 118 Å². The summed E-state index contributed by atoms with van der Waals surface area (Å²) in [5, 5.41) is 1.16. The molecule has 0 aliphatic carbocycles. The predicted molar refractivity (Wildman–Crippen MR) is 475 cm³/mol. The summed E-state index contributed by atoms with van der Waals surface area (Å²) in [5.41, 5.74) is 1.28. The predicted octanol–water partition coefficient (Wildman–Crippen LogP) is 1.48. The van der Waals surface area contributed by atoms with Gasteiger partial charge in [0, 0.05) is 67.1 Å². The molecule has 0 aromatic heterocycles. The maximum absolute atomic E-state index is 6.00. The van der Waals surface area contributed by atoms with E-state index in [-0.39, 0.29) is 526 Å². The van der Waals surface area contributed by atoms with E-state index in [0.717, 1.165) is 80.1 Å². The zero-order valence-electron chi connectivity index (χ0n) is 81.7. The summed E-state index contributed by atoms with van der Waals surface area (Å²) < 4.78 is 137. The normalized spacial score (nSPS) is 21.8. The van der Waals surface area contributed by atoms with E-state index in [0.29, 0.717) is 153 Å². The average Bonchev–Trinajstić information content (AvgIpc) is 1.44. The van der Waals surface area contributed by atoms with Crippen molar-refractivity contribution in [3.63, 3.8) is 0 Å². The quantitative estimate of drug-likeness (QED) is 0.0561. The summed E-state index contributed by atoms with van der Waals surface area (Å²) in [5.74, 6) is 15.5. The second kappa shape index (κ2) is 75.5. The Hall–Kier alpha value is 4.82. The van der Waals surface area contributed by atoms with Crippen LogP contribution < -0.4 is 568 Å². The first-order valence-corrected chi connectivity index (χ1v) is 43.0. The molecule has 7 fully saturated rings. The second-order valence-electron chi connectivity index (χ2n) is 30.2. The first-order chi connectivity index (χ1) is 60.5. The Balaban J connectivity index is 0.000000518. The van der Waals surface area contributed by atoms with E-state index in [1.165, 1.54) is 5.56 Å². The van der Waals surface area contributed by atoms with Crippen LogP contribution in [0.25, 0.3) is 0 Å². The van der Waals surface area contributed by atoms with E-state index >= 15 is 0 Å². The number of para-hydroxylation sites is 1. The number of ether oxygens (including phenoxy) is 25. The minimum absolute atomic E-state index is 0. The van der Waals surface area contributed by atoms with Crippen LogP contribution in [-0.4, -0.2) is 120 Å². The van der Waals surface area contributed by atoms with Crippen LogP contribution >= 0.6 is 23.2 Å². The molecule has 0 spiro atoms. The molecule has 15 rings (SSSR count). The van der Waals surface area contributed by atoms with Crippen LogP contribution in [0.5, 0.6) is 103 Å². The smallest absolute Gasteiger partial charge is 0.520 e. The molecule has 0 N–H and O–H groups in total. The van der Waals surface area contributed by atoms with Crippen LogP contribution in [0.4, 0.5) is 0 Å². The molecule has 14 atom stereocenters. The summed E-state index contributed by atoms with van der Waals surface area (Å²) in [6.45, 7) is 35.6. The van der Waals surface area contributed by atoms with Crippen molar-refractivity contribution in [3.05, 3.63) is 226 Å². The summed E-state index contributed by atoms with van der Waals surface area (Å²) in [6, 6.07) is 50.7. The molecule has 132 heavy (non-hydrogen) atoms. The second-order valence-corrected chi connectivity index (χ2v) is 31.0. The van der Waals surface area contributed by atoms with Gasteiger partial charge in [0.2, 0.25) is 5.75 Å². The zero-order valence-corrected chi connectivity index (χ0v) is 127. The van der Waals surface area contributed by atoms with Gasteiger partial charge in [-0.3, -0.25) is 0 Å². The van der Waals surface area contributed by atoms with Gasteiger partial charge in [0.25, 0.3) is 0 Å². The summed E-state index contributed by atoms with van der Waals surface area (Å²) in [4.78, 5) is 0. The third-order valence-corrected chi connectivity index (χ3v) is 19.8. The van der Waals surface area contributed by atoms with Crippen molar-refractivity contribution >= 4 is 23.2 Å². The Morgan fingerprint density at radius 3 is 0.909 bits per heavy atom. The van der Waals surface area contributed by atoms with Crippen molar-refractivity contribution < 1.29 is 601 Å². The number of rotatable bonds is 31. The molecular weight excluding hydrogens is 2580 g/mol. The van der Waals surface area contributed by atoms with Crippen LogP contribution in [0, 0.1) is 87.7 Å². The number of halogens is 2. The fraction of sp³-hybridized carbons (Fsp3) is 0.439. The van der Waals surface area contributed by atoms with Crippen molar-refractivity contribution in [2.75, 3.05) is 76.2 Å². The molecule has 0 saturated carbocycles. The Morgan fingerprint density at radius 2 is 0.553 bits per heavy atom. The van der Waals surface area contributed by atoms with Gasteiger partial charge >= 0.3 is 482 Å². The molecule has 8 aromatic rings. The van der Waals surface area contributed by atoms with Crippen molar-refractivity contribution in [3.8, 4) is 103 Å². The van der Waals surface area contributed by atoms with E-state index in [1.807, 2.05) is 163 Å². The standard InChI is InChI=1S/C19H21O3.C15H21O4.C13H16ClO3.3C13H17O4.C12H14ClO3.7Cs/c1-15-12-19(21-14-15)22-18-9-5-8-17(13-18)20-11-10-16-6-3-2-4-7-16;1-4-16-12-7-13(17-5-2)9-14(8-12)19-15-6-11(3)10-18-15;1-3-15-12-7-10(4-5-11(12)14)17-13-6-9(2)8-16-13;1-9-4-13(16-8-9)17-12-6-10(14-2)5-11(7-12)15-3;1-9-6-13(16-8-9)17-10-4-5-11(14-2)12(7-10)15-3;1-9-7-12(16-8-9)17-13-10(14-2)5-4-6-11(13)15-3;1-8-5-12(15-7-8)16-9-3-4-10(13)11(6-9)14-2;;;;;;;/h2-9,13-15,19H,10-12H2,1H3;7-11,15H,4-6H2,1-3H3;4-5,7-9,13H,3,6H2,1-2H3;5-9,13H,4H2,1-3H3;4-5,7-9,13H,6H2,1-3H3;4-6,8-9,12H,7H2,1-3H3;3-4,6-8,12H,5H2,1-2H3;;;;;;;/q7*-1;7*+1/t15-,19?;11-,15?;3*9-,13?;9-,12?;8-,12?;;;;;;;/m1111111......./s1. The molecular formula is C98H123Cl2Cs7O25. The Morgan fingerprint density at radius 1 is 0.258 bits per heavy atom. The van der Waals surface area contributed by atoms with Crippen LogP contribution in [0.2, 0.25) is 10.0 Å². The van der Waals surface area contributed by atoms with E-state index in [9.17, 15) is 0 Å². The maximum Gasteiger partial charge on any atom is 1.00 e. The molecule has 686 valence electrons. The fourth-order valence-electron chi connectivity index (χ4n) is 12.9. The fourth-order valence-corrected chi connectivity index (χ4v) is 13.3. The minimum Gasteiger partial charge on any atom is -0.520 e. The molecule has 8 aromatic carbocycles. The maximum atomic E-state index is 6.00. The van der Waals surface area contributed by atoms with Gasteiger partial charge in [-0.15, -0.1) is 41.4 Å². The number of methoxy groups -OCH3 is 7. The van der Waals surface area contributed by atoms with Crippen molar-refractivity contribution in [1.29, 1.82) is 0 Å². The largest absolute Gasteiger partial charge is 1.00 e.